The Morgan fingerprint density at radius 3 is 2.72 bits per heavy atom. The lowest BCUT2D eigenvalue weighted by molar-refractivity contribution is -0.137. The molecule has 1 aromatic heterocycles. The first-order valence-corrected chi connectivity index (χ1v) is 7.79. The van der Waals surface area contributed by atoms with Gasteiger partial charge in [0.2, 0.25) is 0 Å². The van der Waals surface area contributed by atoms with E-state index in [-0.39, 0.29) is 12.1 Å². The molecule has 0 aliphatic heterocycles. The summed E-state index contributed by atoms with van der Waals surface area (Å²) in [4.78, 5) is 14.7. The van der Waals surface area contributed by atoms with Crippen molar-refractivity contribution >= 4 is 22.4 Å². The van der Waals surface area contributed by atoms with Crippen LogP contribution in [0.4, 0.5) is 4.39 Å². The van der Waals surface area contributed by atoms with Crippen molar-refractivity contribution in [3.8, 4) is 6.07 Å². The van der Waals surface area contributed by atoms with Gasteiger partial charge in [0, 0.05) is 17.7 Å². The predicted molar refractivity (Wildman–Crippen MR) is 93.1 cm³/mol. The van der Waals surface area contributed by atoms with Gasteiger partial charge in [-0.05, 0) is 35.8 Å². The van der Waals surface area contributed by atoms with Crippen LogP contribution >= 0.6 is 0 Å². The normalized spacial score (nSPS) is 11.3. The molecule has 1 N–H and O–H groups in total. The van der Waals surface area contributed by atoms with Crippen molar-refractivity contribution in [3.63, 3.8) is 0 Å². The van der Waals surface area contributed by atoms with Crippen LogP contribution in [0.2, 0.25) is 0 Å². The number of ether oxygens (including phenoxy) is 1. The Hall–Kier alpha value is -3.39. The Kier molecular flexibility index (Phi) is 4.62. The van der Waals surface area contributed by atoms with Crippen molar-refractivity contribution in [3.05, 3.63) is 77.2 Å². The first kappa shape index (κ1) is 16.5. The number of hydrogen-bond acceptors (Lipinski definition) is 3. The number of fused-ring (bicyclic) bond motifs is 1. The van der Waals surface area contributed by atoms with Gasteiger partial charge in [-0.15, -0.1) is 0 Å². The molecule has 0 atom stereocenters. The highest BCUT2D eigenvalue weighted by molar-refractivity contribution is 5.98. The fourth-order valence-electron chi connectivity index (χ4n) is 2.69. The zero-order valence-electron chi connectivity index (χ0n) is 13.5. The third-order valence-electron chi connectivity index (χ3n) is 3.81. The summed E-state index contributed by atoms with van der Waals surface area (Å²) in [6.07, 6.45) is 2.81. The molecule has 0 unspecified atom stereocenters. The van der Waals surface area contributed by atoms with Crippen molar-refractivity contribution in [2.24, 2.45) is 0 Å². The van der Waals surface area contributed by atoms with Crippen LogP contribution in [0.1, 0.15) is 23.6 Å². The summed E-state index contributed by atoms with van der Waals surface area (Å²) < 4.78 is 19.5. The molecule has 1 heterocycles. The molecule has 5 heteroatoms. The van der Waals surface area contributed by atoms with Crippen molar-refractivity contribution < 1.29 is 13.9 Å². The average Bonchev–Trinajstić information content (AvgIpc) is 3.04. The Morgan fingerprint density at radius 2 is 2.04 bits per heavy atom. The molecular formula is C20H15FN2O2. The summed E-state index contributed by atoms with van der Waals surface area (Å²) in [6.45, 7) is 1.97. The quantitative estimate of drug-likeness (QED) is 0.575. The van der Waals surface area contributed by atoms with Gasteiger partial charge in [0.05, 0.1) is 17.7 Å². The maximum absolute atomic E-state index is 14.5. The number of hydrogen-bond donors (Lipinski definition) is 1. The third kappa shape index (κ3) is 3.29. The molecule has 4 nitrogen and oxygen atoms in total. The molecule has 25 heavy (non-hydrogen) atoms. The van der Waals surface area contributed by atoms with Crippen molar-refractivity contribution in [1.29, 1.82) is 5.26 Å². The molecule has 0 radical (unpaired) electrons. The second kappa shape index (κ2) is 7.02. The molecule has 3 aromatic rings. The maximum atomic E-state index is 14.5. The zero-order chi connectivity index (χ0) is 17.8. The van der Waals surface area contributed by atoms with E-state index in [9.17, 15) is 14.4 Å². The van der Waals surface area contributed by atoms with E-state index in [2.05, 4.69) is 4.98 Å². The number of H-pyrrole nitrogens is 1. The number of aromatic nitrogens is 1. The molecule has 0 bridgehead atoms. The smallest absolute Gasteiger partial charge is 0.331 e. The minimum Gasteiger partial charge on any atom is -0.463 e. The van der Waals surface area contributed by atoms with Crippen LogP contribution in [0, 0.1) is 17.1 Å². The van der Waals surface area contributed by atoms with Gasteiger partial charge in [-0.25, -0.2) is 9.18 Å². The number of benzene rings is 2. The summed E-state index contributed by atoms with van der Waals surface area (Å²) in [7, 11) is 0. The van der Waals surface area contributed by atoms with E-state index < -0.39 is 11.8 Å². The molecule has 0 aliphatic carbocycles. The summed E-state index contributed by atoms with van der Waals surface area (Å²) in [5.74, 6) is -0.990. The molecule has 0 aliphatic rings. The van der Waals surface area contributed by atoms with E-state index in [1.165, 1.54) is 18.3 Å². The SMILES string of the molecule is CCOC(=O)/C=C(/c1ccccc1)c1cc(F)c2[nH]cc(C#N)c2c1. The van der Waals surface area contributed by atoms with E-state index in [0.29, 0.717) is 22.1 Å². The number of rotatable bonds is 4. The van der Waals surface area contributed by atoms with Crippen LogP contribution in [-0.2, 0) is 9.53 Å². The molecule has 0 spiro atoms. The lowest BCUT2D eigenvalue weighted by Crippen LogP contribution is -2.02. The zero-order valence-corrected chi connectivity index (χ0v) is 13.5. The third-order valence-corrected chi connectivity index (χ3v) is 3.81. The Balaban J connectivity index is 2.21. The first-order chi connectivity index (χ1) is 12.1. The second-order valence-corrected chi connectivity index (χ2v) is 5.37. The number of nitrogens with one attached hydrogen (secondary N) is 1. The molecule has 124 valence electrons. The van der Waals surface area contributed by atoms with E-state index in [1.54, 1.807) is 13.0 Å². The molecule has 3 rings (SSSR count). The summed E-state index contributed by atoms with van der Waals surface area (Å²) in [5.41, 5.74) is 2.40. The molecule has 0 saturated heterocycles. The van der Waals surface area contributed by atoms with Crippen molar-refractivity contribution in [1.82, 2.24) is 4.98 Å². The van der Waals surface area contributed by atoms with Gasteiger partial charge in [-0.2, -0.15) is 5.26 Å². The average molecular weight is 334 g/mol. The number of esters is 1. The number of nitriles is 1. The van der Waals surface area contributed by atoms with Crippen LogP contribution in [0.25, 0.3) is 16.5 Å². The largest absolute Gasteiger partial charge is 0.463 e. The highest BCUT2D eigenvalue weighted by Gasteiger charge is 2.14. The van der Waals surface area contributed by atoms with Gasteiger partial charge in [-0.3, -0.25) is 0 Å². The Morgan fingerprint density at radius 1 is 1.28 bits per heavy atom. The van der Waals surface area contributed by atoms with Crippen molar-refractivity contribution in [2.45, 2.75) is 6.92 Å². The van der Waals surface area contributed by atoms with Gasteiger partial charge in [-0.1, -0.05) is 30.3 Å². The predicted octanol–water partition coefficient (Wildman–Crippen LogP) is 4.17. The van der Waals surface area contributed by atoms with Crippen LogP contribution in [0.15, 0.2) is 54.7 Å². The number of carbonyl (C=O) groups is 1. The fourth-order valence-corrected chi connectivity index (χ4v) is 2.69. The van der Waals surface area contributed by atoms with E-state index in [1.807, 2.05) is 36.4 Å². The van der Waals surface area contributed by atoms with E-state index >= 15 is 0 Å². The monoisotopic (exact) mass is 334 g/mol. The van der Waals surface area contributed by atoms with Crippen molar-refractivity contribution in [2.75, 3.05) is 6.61 Å². The van der Waals surface area contributed by atoms with Gasteiger partial charge < -0.3 is 9.72 Å². The van der Waals surface area contributed by atoms with E-state index in [4.69, 9.17) is 4.74 Å². The summed E-state index contributed by atoms with van der Waals surface area (Å²) >= 11 is 0. The highest BCUT2D eigenvalue weighted by atomic mass is 19.1. The summed E-state index contributed by atoms with van der Waals surface area (Å²) in [6, 6.07) is 14.3. The van der Waals surface area contributed by atoms with Crippen LogP contribution in [0.5, 0.6) is 0 Å². The number of aromatic amines is 1. The standard InChI is InChI=1S/C20H15FN2O2/c1-2-25-19(24)10-16(13-6-4-3-5-7-13)14-8-17-15(11-22)12-23-20(17)18(21)9-14/h3-10,12,23H,2H2,1H3/b16-10-. The molecule has 0 fully saturated rings. The Bertz CT molecular complexity index is 998. The van der Waals surface area contributed by atoms with Gasteiger partial charge in [0.15, 0.2) is 0 Å². The van der Waals surface area contributed by atoms with Crippen LogP contribution < -0.4 is 0 Å². The molecule has 0 saturated carbocycles. The molecule has 0 amide bonds. The molecule has 2 aromatic carbocycles. The lowest BCUT2D eigenvalue weighted by atomic mass is 9.96. The minimum absolute atomic E-state index is 0.251. The maximum Gasteiger partial charge on any atom is 0.331 e. The van der Waals surface area contributed by atoms with E-state index in [0.717, 1.165) is 5.56 Å². The molecular weight excluding hydrogens is 319 g/mol. The van der Waals surface area contributed by atoms with Crippen LogP contribution in [0.3, 0.4) is 0 Å². The number of halogens is 1. The van der Waals surface area contributed by atoms with Crippen LogP contribution in [-0.4, -0.2) is 17.6 Å². The van der Waals surface area contributed by atoms with Gasteiger partial charge >= 0.3 is 5.97 Å². The topological polar surface area (TPSA) is 65.9 Å². The Labute approximate surface area is 144 Å². The number of nitrogens with zero attached hydrogens (tertiary/aromatic N) is 1. The van der Waals surface area contributed by atoms with Gasteiger partial charge in [0.1, 0.15) is 11.9 Å². The first-order valence-electron chi connectivity index (χ1n) is 7.79. The lowest BCUT2D eigenvalue weighted by Gasteiger charge is -2.10. The highest BCUT2D eigenvalue weighted by Crippen LogP contribution is 2.29. The second-order valence-electron chi connectivity index (χ2n) is 5.37. The summed E-state index contributed by atoms with van der Waals surface area (Å²) in [5, 5.41) is 9.67. The minimum atomic E-state index is -0.503. The fraction of sp³-hybridized carbons (Fsp3) is 0.100. The van der Waals surface area contributed by atoms with Gasteiger partial charge in [0.25, 0.3) is 0 Å². The number of carbonyl (C=O) groups excluding carboxylic acids is 1.